The van der Waals surface area contributed by atoms with Gasteiger partial charge in [0.25, 0.3) is 11.8 Å². The van der Waals surface area contributed by atoms with Crippen LogP contribution in [0.15, 0.2) is 48.5 Å². The van der Waals surface area contributed by atoms with Gasteiger partial charge in [0, 0.05) is 61.1 Å². The second-order valence-corrected chi connectivity index (χ2v) is 8.98. The number of aliphatic carboxylic acids is 1. The number of likely N-dealkylation sites (tertiary alicyclic amines) is 1. The molecule has 3 N–H and O–H groups in total. The average molecular weight is 572 g/mol. The number of carboxylic acids is 1. The summed E-state index contributed by atoms with van der Waals surface area (Å²) in [6.45, 7) is 2.32. The van der Waals surface area contributed by atoms with Crippen LogP contribution in [-0.2, 0) is 14.3 Å². The van der Waals surface area contributed by atoms with Crippen LogP contribution in [-0.4, -0.2) is 73.2 Å². The van der Waals surface area contributed by atoms with E-state index in [1.165, 1.54) is 0 Å². The van der Waals surface area contributed by atoms with Crippen LogP contribution in [0.5, 0.6) is 0 Å². The SMILES string of the molecule is COCCCNC(=O)C1CCN(C(=O)c2ccc(NC(=O)c3ccc(Cl)cc3)cc2)CC1.O=C(O)C(F)(F)F. The molecule has 0 bridgehead atoms. The Morgan fingerprint density at radius 2 is 1.54 bits per heavy atom. The molecule has 39 heavy (non-hydrogen) atoms. The first-order chi connectivity index (χ1) is 18.4. The maximum absolute atomic E-state index is 12.8. The third-order valence-electron chi connectivity index (χ3n) is 5.72. The normalized spacial score (nSPS) is 13.6. The van der Waals surface area contributed by atoms with Crippen molar-refractivity contribution in [3.05, 3.63) is 64.7 Å². The van der Waals surface area contributed by atoms with Gasteiger partial charge in [0.15, 0.2) is 0 Å². The highest BCUT2D eigenvalue weighted by Crippen LogP contribution is 2.21. The Labute approximate surface area is 228 Å². The van der Waals surface area contributed by atoms with Crippen LogP contribution in [0.2, 0.25) is 5.02 Å². The number of carbonyl (C=O) groups excluding carboxylic acids is 3. The zero-order chi connectivity index (χ0) is 29.0. The van der Waals surface area contributed by atoms with Crippen LogP contribution in [0.4, 0.5) is 18.9 Å². The molecule has 1 fully saturated rings. The van der Waals surface area contributed by atoms with Crippen LogP contribution >= 0.6 is 11.6 Å². The quantitative estimate of drug-likeness (QED) is 0.407. The molecule has 13 heteroatoms. The molecule has 1 saturated heterocycles. The highest BCUT2D eigenvalue weighted by atomic mass is 35.5. The summed E-state index contributed by atoms with van der Waals surface area (Å²) >= 11 is 5.85. The van der Waals surface area contributed by atoms with Gasteiger partial charge in [-0.2, -0.15) is 13.2 Å². The highest BCUT2D eigenvalue weighted by Gasteiger charge is 2.38. The summed E-state index contributed by atoms with van der Waals surface area (Å²) < 4.78 is 36.7. The average Bonchev–Trinajstić information content (AvgIpc) is 2.91. The van der Waals surface area contributed by atoms with Gasteiger partial charge in [0.05, 0.1) is 0 Å². The van der Waals surface area contributed by atoms with Crippen molar-refractivity contribution in [2.75, 3.05) is 38.7 Å². The van der Waals surface area contributed by atoms with E-state index < -0.39 is 12.1 Å². The molecule has 0 unspecified atom stereocenters. The van der Waals surface area contributed by atoms with Gasteiger partial charge in [0.1, 0.15) is 0 Å². The lowest BCUT2D eigenvalue weighted by Crippen LogP contribution is -2.43. The van der Waals surface area contributed by atoms with Crippen LogP contribution in [0, 0.1) is 5.92 Å². The summed E-state index contributed by atoms with van der Waals surface area (Å²) in [5, 5.41) is 13.4. The smallest absolute Gasteiger partial charge is 0.475 e. The summed E-state index contributed by atoms with van der Waals surface area (Å²) in [5.74, 6) is -3.09. The lowest BCUT2D eigenvalue weighted by Gasteiger charge is -2.31. The van der Waals surface area contributed by atoms with Gasteiger partial charge in [-0.15, -0.1) is 0 Å². The van der Waals surface area contributed by atoms with Gasteiger partial charge in [-0.25, -0.2) is 4.79 Å². The number of piperidine rings is 1. The maximum atomic E-state index is 12.8. The van der Waals surface area contributed by atoms with E-state index in [4.69, 9.17) is 26.2 Å². The first kappa shape index (κ1) is 31.6. The van der Waals surface area contributed by atoms with Gasteiger partial charge < -0.3 is 25.4 Å². The van der Waals surface area contributed by atoms with Gasteiger partial charge in [-0.05, 0) is 67.8 Å². The predicted octanol–water partition coefficient (Wildman–Crippen LogP) is 4.23. The molecule has 2 aromatic carbocycles. The summed E-state index contributed by atoms with van der Waals surface area (Å²) in [7, 11) is 1.64. The molecule has 0 aromatic heterocycles. The number of carboxylic acid groups (broad SMARTS) is 1. The summed E-state index contributed by atoms with van der Waals surface area (Å²) in [4.78, 5) is 48.1. The standard InChI is InChI=1S/C24H28ClN3O4.C2HF3O2/c1-32-16-2-13-26-22(29)18-11-14-28(15-12-18)24(31)19-5-9-21(10-6-19)27-23(30)17-3-7-20(25)8-4-17;3-2(4,5)1(6)7/h3-10,18H,2,11-16H2,1H3,(H,26,29)(H,27,30);(H,6,7). The van der Waals surface area contributed by atoms with Crippen LogP contribution < -0.4 is 10.6 Å². The number of hydrogen-bond acceptors (Lipinski definition) is 5. The molecule has 0 atom stereocenters. The molecular weight excluding hydrogens is 543 g/mol. The Morgan fingerprint density at radius 3 is 2.05 bits per heavy atom. The number of anilines is 1. The number of carbonyl (C=O) groups is 4. The largest absolute Gasteiger partial charge is 0.490 e. The molecule has 3 rings (SSSR count). The monoisotopic (exact) mass is 571 g/mol. The Hall–Kier alpha value is -3.64. The van der Waals surface area contributed by atoms with E-state index in [-0.39, 0.29) is 23.6 Å². The van der Waals surface area contributed by atoms with E-state index >= 15 is 0 Å². The Kier molecular flexibility index (Phi) is 12.2. The maximum Gasteiger partial charge on any atom is 0.490 e. The summed E-state index contributed by atoms with van der Waals surface area (Å²) in [6.07, 6.45) is -3.00. The fraction of sp³-hybridized carbons (Fsp3) is 0.385. The van der Waals surface area contributed by atoms with E-state index in [1.54, 1.807) is 60.5 Å². The summed E-state index contributed by atoms with van der Waals surface area (Å²) in [5.41, 5.74) is 1.66. The second kappa shape index (κ2) is 15.1. The first-order valence-corrected chi connectivity index (χ1v) is 12.3. The predicted molar refractivity (Wildman–Crippen MR) is 138 cm³/mol. The minimum atomic E-state index is -5.08. The minimum Gasteiger partial charge on any atom is -0.475 e. The molecule has 0 spiro atoms. The third-order valence-corrected chi connectivity index (χ3v) is 5.97. The number of halogens is 4. The van der Waals surface area contributed by atoms with Crippen molar-refractivity contribution in [2.45, 2.75) is 25.4 Å². The Balaban J connectivity index is 0.000000673. The van der Waals surface area contributed by atoms with E-state index in [2.05, 4.69) is 10.6 Å². The molecule has 0 radical (unpaired) electrons. The van der Waals surface area contributed by atoms with Crippen LogP contribution in [0.3, 0.4) is 0 Å². The number of methoxy groups -OCH3 is 1. The molecule has 1 heterocycles. The first-order valence-electron chi connectivity index (χ1n) is 12.0. The Morgan fingerprint density at radius 1 is 1.00 bits per heavy atom. The molecule has 9 nitrogen and oxygen atoms in total. The minimum absolute atomic E-state index is 0.0500. The van der Waals surface area contributed by atoms with Crippen molar-refractivity contribution >= 4 is 41.0 Å². The zero-order valence-electron chi connectivity index (χ0n) is 21.1. The lowest BCUT2D eigenvalue weighted by molar-refractivity contribution is -0.192. The van der Waals surface area contributed by atoms with E-state index in [9.17, 15) is 27.6 Å². The van der Waals surface area contributed by atoms with E-state index in [0.29, 0.717) is 60.9 Å². The van der Waals surface area contributed by atoms with Crippen molar-refractivity contribution in [1.82, 2.24) is 10.2 Å². The molecular formula is C26H29ClF3N3O6. The Bertz CT molecular complexity index is 1120. The number of alkyl halides is 3. The molecule has 0 saturated carbocycles. The molecule has 0 aliphatic carbocycles. The van der Waals surface area contributed by atoms with Crippen molar-refractivity contribution in [3.8, 4) is 0 Å². The van der Waals surface area contributed by atoms with Gasteiger partial charge in [-0.1, -0.05) is 11.6 Å². The zero-order valence-corrected chi connectivity index (χ0v) is 21.8. The molecule has 1 aliphatic heterocycles. The topological polar surface area (TPSA) is 125 Å². The van der Waals surface area contributed by atoms with Gasteiger partial charge in [0.2, 0.25) is 5.91 Å². The fourth-order valence-electron chi connectivity index (χ4n) is 3.60. The number of hydrogen-bond donors (Lipinski definition) is 3. The van der Waals surface area contributed by atoms with Crippen molar-refractivity contribution in [3.63, 3.8) is 0 Å². The molecule has 1 aliphatic rings. The van der Waals surface area contributed by atoms with Crippen molar-refractivity contribution in [1.29, 1.82) is 0 Å². The third kappa shape index (κ3) is 10.6. The highest BCUT2D eigenvalue weighted by molar-refractivity contribution is 6.30. The lowest BCUT2D eigenvalue weighted by atomic mass is 9.95. The van der Waals surface area contributed by atoms with E-state index in [0.717, 1.165) is 6.42 Å². The van der Waals surface area contributed by atoms with Gasteiger partial charge >= 0.3 is 12.1 Å². The number of nitrogens with zero attached hydrogens (tertiary/aromatic N) is 1. The van der Waals surface area contributed by atoms with Crippen LogP contribution in [0.25, 0.3) is 0 Å². The molecule has 2 aromatic rings. The number of amides is 3. The number of benzene rings is 2. The van der Waals surface area contributed by atoms with Gasteiger partial charge in [-0.3, -0.25) is 14.4 Å². The van der Waals surface area contributed by atoms with Crippen molar-refractivity contribution in [2.24, 2.45) is 5.92 Å². The van der Waals surface area contributed by atoms with E-state index in [1.807, 2.05) is 0 Å². The summed E-state index contributed by atoms with van der Waals surface area (Å²) in [6, 6.07) is 13.4. The second-order valence-electron chi connectivity index (χ2n) is 8.55. The molecule has 212 valence electrons. The van der Waals surface area contributed by atoms with Crippen LogP contribution in [0.1, 0.15) is 40.0 Å². The number of nitrogens with one attached hydrogen (secondary N) is 2. The number of ether oxygens (including phenoxy) is 1. The molecule has 3 amide bonds. The van der Waals surface area contributed by atoms with Crippen molar-refractivity contribution < 1.29 is 42.2 Å². The fourth-order valence-corrected chi connectivity index (χ4v) is 3.73. The number of rotatable bonds is 8.